The number of carbonyl (C=O) groups excluding carboxylic acids is 1. The Morgan fingerprint density at radius 3 is 2.35 bits per heavy atom. The van der Waals surface area contributed by atoms with E-state index in [9.17, 15) is 14.7 Å². The number of phenols is 1. The molecule has 164 valence electrons. The molecule has 0 aliphatic heterocycles. The van der Waals surface area contributed by atoms with Crippen molar-refractivity contribution in [2.45, 2.75) is 33.2 Å². The molecule has 1 aromatic heterocycles. The predicted molar refractivity (Wildman–Crippen MR) is 118 cm³/mol. The summed E-state index contributed by atoms with van der Waals surface area (Å²) in [4.78, 5) is 26.8. The number of nitrogens with zero attached hydrogens (tertiary/aromatic N) is 1. The number of fused-ring (bicyclic) bond motifs is 1. The van der Waals surface area contributed by atoms with Crippen LogP contribution in [0.15, 0.2) is 51.9 Å². The van der Waals surface area contributed by atoms with Crippen LogP contribution in [0.2, 0.25) is 0 Å². The standard InChI is InChI=1S/C24H27NO6/c1-4-12-25(13-5-2)14-19-20(26)11-10-18-22(27)21(15-30-23(18)19)31-17-8-6-16(7-9-17)24(28)29-3/h6-11,15,26H,4-5,12-14H2,1-3H3. The van der Waals surface area contributed by atoms with Crippen molar-refractivity contribution in [3.05, 3.63) is 64.0 Å². The molecule has 0 unspecified atom stereocenters. The third kappa shape index (κ3) is 5.06. The van der Waals surface area contributed by atoms with E-state index in [0.717, 1.165) is 25.9 Å². The molecule has 0 spiro atoms. The van der Waals surface area contributed by atoms with Gasteiger partial charge in [-0.25, -0.2) is 4.79 Å². The van der Waals surface area contributed by atoms with Crippen molar-refractivity contribution in [2.75, 3.05) is 20.2 Å². The Morgan fingerprint density at radius 2 is 1.74 bits per heavy atom. The van der Waals surface area contributed by atoms with Crippen LogP contribution in [0.1, 0.15) is 42.6 Å². The third-order valence-corrected chi connectivity index (χ3v) is 4.95. The average Bonchev–Trinajstić information content (AvgIpc) is 2.77. The topological polar surface area (TPSA) is 89.2 Å². The molecule has 0 radical (unpaired) electrons. The summed E-state index contributed by atoms with van der Waals surface area (Å²) in [7, 11) is 1.31. The molecule has 7 heteroatoms. The maximum absolute atomic E-state index is 13.0. The van der Waals surface area contributed by atoms with Gasteiger partial charge in [-0.3, -0.25) is 9.69 Å². The SMILES string of the molecule is CCCN(CCC)Cc1c(O)ccc2c(=O)c(Oc3ccc(C(=O)OC)cc3)coc12. The van der Waals surface area contributed by atoms with Crippen LogP contribution in [0.5, 0.6) is 17.2 Å². The van der Waals surface area contributed by atoms with Crippen molar-refractivity contribution in [2.24, 2.45) is 0 Å². The van der Waals surface area contributed by atoms with Crippen molar-refractivity contribution in [1.29, 1.82) is 0 Å². The number of phenolic OH excluding ortho intramolecular Hbond substituents is 1. The Balaban J connectivity index is 1.93. The van der Waals surface area contributed by atoms with Crippen LogP contribution in [0, 0.1) is 0 Å². The molecule has 0 fully saturated rings. The van der Waals surface area contributed by atoms with Crippen LogP contribution in [-0.2, 0) is 11.3 Å². The first-order valence-electron chi connectivity index (χ1n) is 10.3. The van der Waals surface area contributed by atoms with Gasteiger partial charge < -0.3 is 19.0 Å². The number of ether oxygens (including phenoxy) is 2. The predicted octanol–water partition coefficient (Wildman–Crippen LogP) is 4.70. The number of hydrogen-bond donors (Lipinski definition) is 1. The molecule has 3 aromatic rings. The van der Waals surface area contributed by atoms with Crippen LogP contribution in [0.3, 0.4) is 0 Å². The highest BCUT2D eigenvalue weighted by atomic mass is 16.5. The van der Waals surface area contributed by atoms with Gasteiger partial charge in [0.15, 0.2) is 0 Å². The second kappa shape index (κ2) is 10.1. The third-order valence-electron chi connectivity index (χ3n) is 4.95. The minimum absolute atomic E-state index is 0.0222. The van der Waals surface area contributed by atoms with E-state index < -0.39 is 5.97 Å². The highest BCUT2D eigenvalue weighted by molar-refractivity contribution is 5.89. The van der Waals surface area contributed by atoms with E-state index in [-0.39, 0.29) is 16.9 Å². The molecule has 0 saturated heterocycles. The molecular formula is C24H27NO6. The minimum atomic E-state index is -0.454. The summed E-state index contributed by atoms with van der Waals surface area (Å²) < 4.78 is 16.1. The molecule has 31 heavy (non-hydrogen) atoms. The second-order valence-electron chi connectivity index (χ2n) is 7.26. The molecule has 0 amide bonds. The van der Waals surface area contributed by atoms with E-state index in [0.29, 0.717) is 34.4 Å². The van der Waals surface area contributed by atoms with Crippen molar-refractivity contribution in [3.63, 3.8) is 0 Å². The first-order valence-corrected chi connectivity index (χ1v) is 10.3. The Labute approximate surface area is 180 Å². The summed E-state index contributed by atoms with van der Waals surface area (Å²) >= 11 is 0. The first kappa shape index (κ1) is 22.4. The molecule has 3 rings (SSSR count). The van der Waals surface area contributed by atoms with Gasteiger partial charge in [-0.15, -0.1) is 0 Å². The molecule has 1 N–H and O–H groups in total. The largest absolute Gasteiger partial charge is 0.507 e. The van der Waals surface area contributed by atoms with Crippen molar-refractivity contribution in [3.8, 4) is 17.2 Å². The number of methoxy groups -OCH3 is 1. The number of carbonyl (C=O) groups is 1. The molecule has 2 aromatic carbocycles. The van der Waals surface area contributed by atoms with Crippen LogP contribution in [0.25, 0.3) is 11.0 Å². The summed E-state index contributed by atoms with van der Waals surface area (Å²) in [5.41, 5.74) is 0.988. The van der Waals surface area contributed by atoms with Gasteiger partial charge in [-0.1, -0.05) is 13.8 Å². The van der Waals surface area contributed by atoms with E-state index in [1.54, 1.807) is 24.3 Å². The van der Waals surface area contributed by atoms with E-state index >= 15 is 0 Å². The molecular weight excluding hydrogens is 398 g/mol. The Kier molecular flexibility index (Phi) is 7.31. The number of hydrogen-bond acceptors (Lipinski definition) is 7. The zero-order valence-corrected chi connectivity index (χ0v) is 18.0. The maximum atomic E-state index is 13.0. The van der Waals surface area contributed by atoms with Crippen molar-refractivity contribution < 1.29 is 23.8 Å². The maximum Gasteiger partial charge on any atom is 0.337 e. The van der Waals surface area contributed by atoms with Gasteiger partial charge in [0.1, 0.15) is 23.3 Å². The van der Waals surface area contributed by atoms with Gasteiger partial charge in [0.2, 0.25) is 11.2 Å². The smallest absolute Gasteiger partial charge is 0.337 e. The van der Waals surface area contributed by atoms with Gasteiger partial charge in [-0.05, 0) is 62.3 Å². The van der Waals surface area contributed by atoms with Gasteiger partial charge in [-0.2, -0.15) is 0 Å². The minimum Gasteiger partial charge on any atom is -0.507 e. The highest BCUT2D eigenvalue weighted by Gasteiger charge is 2.17. The lowest BCUT2D eigenvalue weighted by Crippen LogP contribution is -2.25. The molecule has 0 bridgehead atoms. The Bertz CT molecular complexity index is 1100. The lowest BCUT2D eigenvalue weighted by atomic mass is 10.1. The summed E-state index contributed by atoms with van der Waals surface area (Å²) in [6.07, 6.45) is 3.23. The lowest BCUT2D eigenvalue weighted by Gasteiger charge is -2.22. The Morgan fingerprint density at radius 1 is 1.06 bits per heavy atom. The van der Waals surface area contributed by atoms with Gasteiger partial charge >= 0.3 is 5.97 Å². The molecule has 1 heterocycles. The number of aromatic hydroxyl groups is 1. The fourth-order valence-electron chi connectivity index (χ4n) is 3.48. The second-order valence-corrected chi connectivity index (χ2v) is 7.26. The summed E-state index contributed by atoms with van der Waals surface area (Å²) in [6, 6.07) is 9.31. The first-order chi connectivity index (χ1) is 15.0. The van der Waals surface area contributed by atoms with Gasteiger partial charge in [0.25, 0.3) is 0 Å². The fourth-order valence-corrected chi connectivity index (χ4v) is 3.48. The van der Waals surface area contributed by atoms with Crippen LogP contribution >= 0.6 is 0 Å². The van der Waals surface area contributed by atoms with E-state index in [1.807, 2.05) is 0 Å². The molecule has 0 atom stereocenters. The normalized spacial score (nSPS) is 11.1. The number of esters is 1. The van der Waals surface area contributed by atoms with Crippen LogP contribution < -0.4 is 10.2 Å². The van der Waals surface area contributed by atoms with Crippen molar-refractivity contribution >= 4 is 16.9 Å². The zero-order chi connectivity index (χ0) is 22.4. The van der Waals surface area contributed by atoms with Crippen LogP contribution in [-0.4, -0.2) is 36.2 Å². The van der Waals surface area contributed by atoms with Gasteiger partial charge in [0.05, 0.1) is 23.6 Å². The van der Waals surface area contributed by atoms with E-state index in [1.165, 1.54) is 25.5 Å². The lowest BCUT2D eigenvalue weighted by molar-refractivity contribution is 0.0600. The number of benzene rings is 2. The molecule has 7 nitrogen and oxygen atoms in total. The van der Waals surface area contributed by atoms with Crippen LogP contribution in [0.4, 0.5) is 0 Å². The average molecular weight is 425 g/mol. The highest BCUT2D eigenvalue weighted by Crippen LogP contribution is 2.29. The van der Waals surface area contributed by atoms with E-state index in [2.05, 4.69) is 23.5 Å². The van der Waals surface area contributed by atoms with Crippen molar-refractivity contribution in [1.82, 2.24) is 4.90 Å². The molecule has 0 aliphatic carbocycles. The fraction of sp³-hybridized carbons (Fsp3) is 0.333. The molecule has 0 aliphatic rings. The summed E-state index contributed by atoms with van der Waals surface area (Å²) in [5.74, 6) is 0.0496. The van der Waals surface area contributed by atoms with E-state index in [4.69, 9.17) is 9.15 Å². The van der Waals surface area contributed by atoms with Gasteiger partial charge in [0, 0.05) is 6.54 Å². The quantitative estimate of drug-likeness (QED) is 0.497. The Hall–Kier alpha value is -3.32. The monoisotopic (exact) mass is 425 g/mol. The number of rotatable bonds is 9. The zero-order valence-electron chi connectivity index (χ0n) is 18.0. The summed E-state index contributed by atoms with van der Waals surface area (Å²) in [6.45, 7) is 6.47. The molecule has 0 saturated carbocycles. The summed E-state index contributed by atoms with van der Waals surface area (Å²) in [5, 5.41) is 10.8.